The van der Waals surface area contributed by atoms with Gasteiger partial charge in [0.05, 0.1) is 6.10 Å². The standard InChI is InChI=1S/C10H19NO2/c1-2-4-10(3-1)13-11-9-5-7-12-8-6-9/h9-11H,1-8H2. The smallest absolute Gasteiger partial charge is 0.0790 e. The molecule has 0 aromatic heterocycles. The Morgan fingerprint density at radius 2 is 1.69 bits per heavy atom. The van der Waals surface area contributed by atoms with E-state index < -0.39 is 0 Å². The molecule has 0 unspecified atom stereocenters. The van der Waals surface area contributed by atoms with Crippen LogP contribution in [0.5, 0.6) is 0 Å². The van der Waals surface area contributed by atoms with E-state index in [1.807, 2.05) is 0 Å². The average molecular weight is 185 g/mol. The first kappa shape index (κ1) is 9.44. The molecule has 1 heterocycles. The quantitative estimate of drug-likeness (QED) is 0.678. The average Bonchev–Trinajstić information content (AvgIpc) is 2.69. The number of hydrogen-bond acceptors (Lipinski definition) is 3. The molecule has 2 rings (SSSR count). The van der Waals surface area contributed by atoms with Crippen molar-refractivity contribution in [2.24, 2.45) is 0 Å². The maximum absolute atomic E-state index is 5.64. The van der Waals surface area contributed by atoms with Gasteiger partial charge in [-0.2, -0.15) is 5.48 Å². The van der Waals surface area contributed by atoms with Crippen molar-refractivity contribution in [2.45, 2.75) is 50.7 Å². The van der Waals surface area contributed by atoms with Crippen LogP contribution in [-0.4, -0.2) is 25.4 Å². The van der Waals surface area contributed by atoms with Crippen molar-refractivity contribution in [3.8, 4) is 0 Å². The third-order valence-electron chi connectivity index (χ3n) is 2.92. The van der Waals surface area contributed by atoms with E-state index in [4.69, 9.17) is 9.57 Å². The minimum absolute atomic E-state index is 0.475. The van der Waals surface area contributed by atoms with Gasteiger partial charge >= 0.3 is 0 Å². The maximum atomic E-state index is 5.64. The third kappa shape index (κ3) is 2.93. The topological polar surface area (TPSA) is 30.5 Å². The lowest BCUT2D eigenvalue weighted by Gasteiger charge is -2.24. The Morgan fingerprint density at radius 1 is 1.00 bits per heavy atom. The molecule has 13 heavy (non-hydrogen) atoms. The molecule has 0 aromatic rings. The zero-order valence-corrected chi connectivity index (χ0v) is 8.13. The monoisotopic (exact) mass is 185 g/mol. The summed E-state index contributed by atoms with van der Waals surface area (Å²) in [7, 11) is 0. The summed E-state index contributed by atoms with van der Waals surface area (Å²) in [5, 5.41) is 0. The maximum Gasteiger partial charge on any atom is 0.0790 e. The van der Waals surface area contributed by atoms with Crippen LogP contribution in [0.4, 0.5) is 0 Å². The highest BCUT2D eigenvalue weighted by Crippen LogP contribution is 2.20. The lowest BCUT2D eigenvalue weighted by Crippen LogP contribution is -2.36. The van der Waals surface area contributed by atoms with E-state index in [0.717, 1.165) is 26.1 Å². The molecule has 1 saturated carbocycles. The summed E-state index contributed by atoms with van der Waals surface area (Å²) in [4.78, 5) is 5.64. The van der Waals surface area contributed by atoms with Crippen LogP contribution in [0.3, 0.4) is 0 Å². The Bertz CT molecular complexity index is 140. The van der Waals surface area contributed by atoms with E-state index in [9.17, 15) is 0 Å². The minimum atomic E-state index is 0.475. The number of hydrogen-bond donors (Lipinski definition) is 1. The minimum Gasteiger partial charge on any atom is -0.381 e. The fraction of sp³-hybridized carbons (Fsp3) is 1.00. The van der Waals surface area contributed by atoms with Gasteiger partial charge in [-0.25, -0.2) is 0 Å². The van der Waals surface area contributed by atoms with Gasteiger partial charge in [0.1, 0.15) is 0 Å². The van der Waals surface area contributed by atoms with Gasteiger partial charge in [-0.1, -0.05) is 12.8 Å². The molecule has 0 atom stereocenters. The molecular formula is C10H19NO2. The summed E-state index contributed by atoms with van der Waals surface area (Å²) in [6, 6.07) is 0.523. The molecule has 2 aliphatic rings. The van der Waals surface area contributed by atoms with Crippen molar-refractivity contribution in [2.75, 3.05) is 13.2 Å². The van der Waals surface area contributed by atoms with Crippen LogP contribution in [0.2, 0.25) is 0 Å². The Labute approximate surface area is 79.7 Å². The van der Waals surface area contributed by atoms with E-state index in [0.29, 0.717) is 12.1 Å². The second-order valence-corrected chi connectivity index (χ2v) is 4.03. The summed E-state index contributed by atoms with van der Waals surface area (Å²) >= 11 is 0. The molecule has 0 bridgehead atoms. The molecule has 0 radical (unpaired) electrons. The summed E-state index contributed by atoms with van der Waals surface area (Å²) in [5.41, 5.74) is 3.18. The molecule has 0 aromatic carbocycles. The largest absolute Gasteiger partial charge is 0.381 e. The number of nitrogens with one attached hydrogen (secondary N) is 1. The zero-order chi connectivity index (χ0) is 8.93. The predicted molar refractivity (Wildman–Crippen MR) is 50.3 cm³/mol. The van der Waals surface area contributed by atoms with Crippen molar-refractivity contribution in [3.63, 3.8) is 0 Å². The lowest BCUT2D eigenvalue weighted by atomic mass is 10.1. The molecule has 1 aliphatic carbocycles. The van der Waals surface area contributed by atoms with E-state index in [2.05, 4.69) is 5.48 Å². The molecule has 0 spiro atoms. The van der Waals surface area contributed by atoms with Crippen LogP contribution in [0, 0.1) is 0 Å². The highest BCUT2D eigenvalue weighted by Gasteiger charge is 2.19. The van der Waals surface area contributed by atoms with Gasteiger partial charge in [-0.15, -0.1) is 0 Å². The molecule has 76 valence electrons. The van der Waals surface area contributed by atoms with E-state index >= 15 is 0 Å². The Hall–Kier alpha value is -0.120. The van der Waals surface area contributed by atoms with Gasteiger partial charge in [0.15, 0.2) is 0 Å². The Balaban J connectivity index is 1.60. The molecule has 3 heteroatoms. The van der Waals surface area contributed by atoms with Crippen LogP contribution < -0.4 is 5.48 Å². The Morgan fingerprint density at radius 3 is 2.38 bits per heavy atom. The normalized spacial score (nSPS) is 26.8. The van der Waals surface area contributed by atoms with Gasteiger partial charge in [0, 0.05) is 19.3 Å². The van der Waals surface area contributed by atoms with Crippen LogP contribution in [0.25, 0.3) is 0 Å². The molecule has 3 nitrogen and oxygen atoms in total. The fourth-order valence-electron chi connectivity index (χ4n) is 2.01. The second-order valence-electron chi connectivity index (χ2n) is 4.03. The van der Waals surface area contributed by atoms with Gasteiger partial charge < -0.3 is 4.74 Å². The first-order valence-corrected chi connectivity index (χ1v) is 5.44. The van der Waals surface area contributed by atoms with Gasteiger partial charge in [0.2, 0.25) is 0 Å². The summed E-state index contributed by atoms with van der Waals surface area (Å²) in [6.45, 7) is 1.76. The molecule has 1 saturated heterocycles. The highest BCUT2D eigenvalue weighted by atomic mass is 16.7. The van der Waals surface area contributed by atoms with Gasteiger partial charge in [-0.05, 0) is 25.7 Å². The number of ether oxygens (including phenoxy) is 1. The van der Waals surface area contributed by atoms with Crippen molar-refractivity contribution in [1.29, 1.82) is 0 Å². The first-order chi connectivity index (χ1) is 6.45. The summed E-state index contributed by atoms with van der Waals surface area (Å²) in [6.07, 6.45) is 7.79. The lowest BCUT2D eigenvalue weighted by molar-refractivity contribution is -0.0614. The molecule has 1 aliphatic heterocycles. The number of hydroxylamine groups is 1. The van der Waals surface area contributed by atoms with E-state index in [1.54, 1.807) is 0 Å². The van der Waals surface area contributed by atoms with Crippen molar-refractivity contribution >= 4 is 0 Å². The van der Waals surface area contributed by atoms with Gasteiger partial charge in [0.25, 0.3) is 0 Å². The molecular weight excluding hydrogens is 166 g/mol. The van der Waals surface area contributed by atoms with Crippen molar-refractivity contribution in [3.05, 3.63) is 0 Å². The highest BCUT2D eigenvalue weighted by molar-refractivity contribution is 4.69. The molecule has 2 fully saturated rings. The van der Waals surface area contributed by atoms with Crippen molar-refractivity contribution < 1.29 is 9.57 Å². The first-order valence-electron chi connectivity index (χ1n) is 5.44. The number of rotatable bonds is 3. The SMILES string of the molecule is C1CCC(ONC2CCOCC2)C1. The molecule has 0 amide bonds. The van der Waals surface area contributed by atoms with Crippen LogP contribution in [0.15, 0.2) is 0 Å². The van der Waals surface area contributed by atoms with Crippen LogP contribution >= 0.6 is 0 Å². The Kier molecular flexibility index (Phi) is 3.58. The van der Waals surface area contributed by atoms with Crippen LogP contribution in [-0.2, 0) is 9.57 Å². The van der Waals surface area contributed by atoms with Crippen molar-refractivity contribution in [1.82, 2.24) is 5.48 Å². The van der Waals surface area contributed by atoms with Gasteiger partial charge in [-0.3, -0.25) is 4.84 Å². The predicted octanol–water partition coefficient (Wildman–Crippen LogP) is 1.63. The van der Waals surface area contributed by atoms with Crippen LogP contribution in [0.1, 0.15) is 38.5 Å². The summed E-state index contributed by atoms with van der Waals surface area (Å²) < 4.78 is 5.28. The third-order valence-corrected chi connectivity index (χ3v) is 2.92. The molecule has 1 N–H and O–H groups in total. The van der Waals surface area contributed by atoms with E-state index in [-0.39, 0.29) is 0 Å². The van der Waals surface area contributed by atoms with E-state index in [1.165, 1.54) is 25.7 Å². The summed E-state index contributed by atoms with van der Waals surface area (Å²) in [5.74, 6) is 0. The zero-order valence-electron chi connectivity index (χ0n) is 8.13. The fourth-order valence-corrected chi connectivity index (χ4v) is 2.01. The second kappa shape index (κ2) is 4.94.